The third-order valence-electron chi connectivity index (χ3n) is 4.16. The summed E-state index contributed by atoms with van der Waals surface area (Å²) in [6.45, 7) is 2.50. The second-order valence-electron chi connectivity index (χ2n) is 6.08. The van der Waals surface area contributed by atoms with Gasteiger partial charge in [0.2, 0.25) is 5.91 Å². The summed E-state index contributed by atoms with van der Waals surface area (Å²) in [4.78, 5) is 17.3. The van der Waals surface area contributed by atoms with E-state index in [9.17, 15) is 9.18 Å². The van der Waals surface area contributed by atoms with Crippen LogP contribution in [0.3, 0.4) is 0 Å². The summed E-state index contributed by atoms with van der Waals surface area (Å²) in [5.74, 6) is -0.232. The molecule has 3 aromatic rings. The van der Waals surface area contributed by atoms with E-state index in [1.807, 2.05) is 37.3 Å². The highest BCUT2D eigenvalue weighted by Crippen LogP contribution is 2.24. The smallest absolute Gasteiger partial charge is 0.232 e. The molecule has 5 heteroatoms. The predicted octanol–water partition coefficient (Wildman–Crippen LogP) is 4.58. The van der Waals surface area contributed by atoms with E-state index in [2.05, 4.69) is 10.3 Å². The molecule has 0 saturated heterocycles. The number of aromatic nitrogens is 1. The van der Waals surface area contributed by atoms with Gasteiger partial charge < -0.3 is 10.1 Å². The number of ether oxygens (including phenoxy) is 1. The van der Waals surface area contributed by atoms with Gasteiger partial charge >= 0.3 is 0 Å². The van der Waals surface area contributed by atoms with Gasteiger partial charge in [-0.05, 0) is 61.0 Å². The number of anilines is 1. The van der Waals surface area contributed by atoms with Gasteiger partial charge in [0.05, 0.1) is 12.5 Å². The van der Waals surface area contributed by atoms with Gasteiger partial charge in [-0.2, -0.15) is 0 Å². The Hall–Kier alpha value is -3.21. The average molecular weight is 364 g/mol. The molecule has 1 amide bonds. The highest BCUT2D eigenvalue weighted by atomic mass is 19.1. The lowest BCUT2D eigenvalue weighted by molar-refractivity contribution is -0.117. The van der Waals surface area contributed by atoms with Gasteiger partial charge in [-0.1, -0.05) is 18.2 Å². The Labute approximate surface area is 158 Å². The summed E-state index contributed by atoms with van der Waals surface area (Å²) in [7, 11) is 0. The molecule has 0 bridgehead atoms. The van der Waals surface area contributed by atoms with Crippen LogP contribution in [0.15, 0.2) is 72.9 Å². The molecule has 0 spiro atoms. The number of rotatable bonds is 7. The standard InChI is InChI=1S/C22H21FN2O2/c1-2-27-20-12-10-18(11-13-20)25-22(26)21(15-19-5-3-4-14-24-19)16-6-8-17(23)9-7-16/h3-14,21H,2,15H2,1H3,(H,25,26). The molecule has 1 N–H and O–H groups in total. The maximum Gasteiger partial charge on any atom is 0.232 e. The molecular weight excluding hydrogens is 343 g/mol. The molecule has 3 rings (SSSR count). The first-order chi connectivity index (χ1) is 13.2. The van der Waals surface area contributed by atoms with E-state index in [4.69, 9.17) is 4.74 Å². The van der Waals surface area contributed by atoms with Crippen molar-refractivity contribution < 1.29 is 13.9 Å². The van der Waals surface area contributed by atoms with Crippen LogP contribution in [-0.2, 0) is 11.2 Å². The normalized spacial score (nSPS) is 11.6. The monoisotopic (exact) mass is 364 g/mol. The SMILES string of the molecule is CCOc1ccc(NC(=O)C(Cc2ccccn2)c2ccc(F)cc2)cc1. The minimum Gasteiger partial charge on any atom is -0.494 e. The zero-order valence-electron chi connectivity index (χ0n) is 15.1. The highest BCUT2D eigenvalue weighted by molar-refractivity contribution is 5.96. The largest absolute Gasteiger partial charge is 0.494 e. The molecule has 0 aliphatic rings. The molecule has 27 heavy (non-hydrogen) atoms. The van der Waals surface area contributed by atoms with Crippen molar-refractivity contribution in [2.45, 2.75) is 19.3 Å². The fraction of sp³-hybridized carbons (Fsp3) is 0.182. The Balaban J connectivity index is 1.80. The zero-order valence-corrected chi connectivity index (χ0v) is 15.1. The number of pyridine rings is 1. The highest BCUT2D eigenvalue weighted by Gasteiger charge is 2.22. The minimum atomic E-state index is -0.480. The van der Waals surface area contributed by atoms with Crippen molar-refractivity contribution in [3.63, 3.8) is 0 Å². The van der Waals surface area contributed by atoms with Gasteiger partial charge in [0.1, 0.15) is 11.6 Å². The van der Waals surface area contributed by atoms with Crippen molar-refractivity contribution in [3.8, 4) is 5.75 Å². The van der Waals surface area contributed by atoms with Crippen molar-refractivity contribution in [2.75, 3.05) is 11.9 Å². The Bertz CT molecular complexity index is 865. The van der Waals surface area contributed by atoms with E-state index in [0.29, 0.717) is 18.7 Å². The first-order valence-corrected chi connectivity index (χ1v) is 8.85. The molecule has 1 aromatic heterocycles. The number of amides is 1. The van der Waals surface area contributed by atoms with Crippen LogP contribution in [0, 0.1) is 5.82 Å². The summed E-state index contributed by atoms with van der Waals surface area (Å²) < 4.78 is 18.7. The molecule has 138 valence electrons. The third kappa shape index (κ3) is 5.14. The lowest BCUT2D eigenvalue weighted by Gasteiger charge is -2.17. The summed E-state index contributed by atoms with van der Waals surface area (Å²) in [5.41, 5.74) is 2.22. The Morgan fingerprint density at radius 2 is 1.81 bits per heavy atom. The first kappa shape index (κ1) is 18.6. The van der Waals surface area contributed by atoms with E-state index in [0.717, 1.165) is 17.0 Å². The summed E-state index contributed by atoms with van der Waals surface area (Å²) in [5, 5.41) is 2.93. The molecule has 0 saturated carbocycles. The first-order valence-electron chi connectivity index (χ1n) is 8.85. The molecular formula is C22H21FN2O2. The van der Waals surface area contributed by atoms with E-state index >= 15 is 0 Å². The lowest BCUT2D eigenvalue weighted by Crippen LogP contribution is -2.23. The van der Waals surface area contributed by atoms with Gasteiger partial charge in [-0.3, -0.25) is 9.78 Å². The van der Waals surface area contributed by atoms with Gasteiger partial charge in [-0.25, -0.2) is 4.39 Å². The Morgan fingerprint density at radius 1 is 1.07 bits per heavy atom. The minimum absolute atomic E-state index is 0.170. The van der Waals surface area contributed by atoms with Crippen LogP contribution < -0.4 is 10.1 Å². The molecule has 2 aromatic carbocycles. The maximum absolute atomic E-state index is 13.3. The van der Waals surface area contributed by atoms with Crippen LogP contribution in [-0.4, -0.2) is 17.5 Å². The molecule has 0 radical (unpaired) electrons. The Morgan fingerprint density at radius 3 is 2.44 bits per heavy atom. The van der Waals surface area contributed by atoms with Crippen LogP contribution in [0.5, 0.6) is 5.75 Å². The number of hydrogen-bond donors (Lipinski definition) is 1. The van der Waals surface area contributed by atoms with Gasteiger partial charge in [-0.15, -0.1) is 0 Å². The van der Waals surface area contributed by atoms with Gasteiger partial charge in [0.15, 0.2) is 0 Å². The van der Waals surface area contributed by atoms with Crippen LogP contribution in [0.1, 0.15) is 24.1 Å². The molecule has 0 fully saturated rings. The van der Waals surface area contributed by atoms with Crippen molar-refractivity contribution >= 4 is 11.6 Å². The lowest BCUT2D eigenvalue weighted by atomic mass is 9.93. The number of benzene rings is 2. The fourth-order valence-corrected chi connectivity index (χ4v) is 2.82. The number of hydrogen-bond acceptors (Lipinski definition) is 3. The summed E-state index contributed by atoms with van der Waals surface area (Å²) >= 11 is 0. The van der Waals surface area contributed by atoms with E-state index in [-0.39, 0.29) is 11.7 Å². The number of nitrogens with one attached hydrogen (secondary N) is 1. The molecule has 0 aliphatic heterocycles. The van der Waals surface area contributed by atoms with Gasteiger partial charge in [0.25, 0.3) is 0 Å². The number of carbonyl (C=O) groups excluding carboxylic acids is 1. The predicted molar refractivity (Wildman–Crippen MR) is 103 cm³/mol. The second kappa shape index (κ2) is 8.94. The number of nitrogens with zero attached hydrogens (tertiary/aromatic N) is 1. The maximum atomic E-state index is 13.3. The van der Waals surface area contributed by atoms with E-state index < -0.39 is 5.92 Å². The van der Waals surface area contributed by atoms with Crippen molar-refractivity contribution in [2.24, 2.45) is 0 Å². The molecule has 1 heterocycles. The fourth-order valence-electron chi connectivity index (χ4n) is 2.82. The molecule has 1 atom stereocenters. The van der Waals surface area contributed by atoms with Crippen LogP contribution in [0.4, 0.5) is 10.1 Å². The molecule has 0 aliphatic carbocycles. The Kier molecular flexibility index (Phi) is 6.15. The van der Waals surface area contributed by atoms with Crippen LogP contribution in [0.2, 0.25) is 0 Å². The average Bonchev–Trinajstić information content (AvgIpc) is 2.69. The summed E-state index contributed by atoms with van der Waals surface area (Å²) in [6.07, 6.45) is 2.12. The van der Waals surface area contributed by atoms with Crippen LogP contribution >= 0.6 is 0 Å². The zero-order chi connectivity index (χ0) is 19.1. The van der Waals surface area contributed by atoms with Crippen molar-refractivity contribution in [1.29, 1.82) is 0 Å². The number of carbonyl (C=O) groups is 1. The summed E-state index contributed by atoms with van der Waals surface area (Å²) in [6, 6.07) is 18.8. The third-order valence-corrected chi connectivity index (χ3v) is 4.16. The van der Waals surface area contributed by atoms with E-state index in [1.165, 1.54) is 12.1 Å². The molecule has 1 unspecified atom stereocenters. The van der Waals surface area contributed by atoms with Gasteiger partial charge in [0, 0.05) is 24.0 Å². The quantitative estimate of drug-likeness (QED) is 0.667. The molecule has 4 nitrogen and oxygen atoms in total. The topological polar surface area (TPSA) is 51.2 Å². The second-order valence-corrected chi connectivity index (χ2v) is 6.08. The van der Waals surface area contributed by atoms with E-state index in [1.54, 1.807) is 30.5 Å². The number of halogens is 1. The van der Waals surface area contributed by atoms with Crippen molar-refractivity contribution in [3.05, 3.63) is 90.0 Å². The van der Waals surface area contributed by atoms with Crippen LogP contribution in [0.25, 0.3) is 0 Å². The van der Waals surface area contributed by atoms with Crippen molar-refractivity contribution in [1.82, 2.24) is 4.98 Å².